The quantitative estimate of drug-likeness (QED) is 0.744. The normalized spacial score (nSPS) is 14.8. The van der Waals surface area contributed by atoms with Gasteiger partial charge in [-0.15, -0.1) is 0 Å². The van der Waals surface area contributed by atoms with Crippen LogP contribution < -0.4 is 0 Å². The standard InChI is InChI=1S/C15H8ClFO2/c16-11-7-3-6-10(13(11)17)12-14(18)8-4-1-2-5-9(8)15(12)19/h1-7,12H. The first kappa shape index (κ1) is 12.1. The molecule has 0 N–H and O–H groups in total. The van der Waals surface area contributed by atoms with Crippen LogP contribution >= 0.6 is 11.6 Å². The van der Waals surface area contributed by atoms with Gasteiger partial charge >= 0.3 is 0 Å². The summed E-state index contributed by atoms with van der Waals surface area (Å²) in [4.78, 5) is 24.5. The Morgan fingerprint density at radius 3 is 2.05 bits per heavy atom. The van der Waals surface area contributed by atoms with Crippen LogP contribution in [0.1, 0.15) is 32.2 Å². The first-order valence-electron chi connectivity index (χ1n) is 5.72. The molecular weight excluding hydrogens is 267 g/mol. The van der Waals surface area contributed by atoms with Gasteiger partial charge in [-0.2, -0.15) is 0 Å². The number of halogens is 2. The Morgan fingerprint density at radius 2 is 1.47 bits per heavy atom. The molecule has 0 spiro atoms. The number of carbonyl (C=O) groups is 2. The van der Waals surface area contributed by atoms with E-state index in [0.29, 0.717) is 11.1 Å². The van der Waals surface area contributed by atoms with Crippen molar-refractivity contribution < 1.29 is 14.0 Å². The second-order valence-corrected chi connectivity index (χ2v) is 4.76. The van der Waals surface area contributed by atoms with Gasteiger partial charge < -0.3 is 0 Å². The van der Waals surface area contributed by atoms with Gasteiger partial charge in [0.25, 0.3) is 0 Å². The minimum atomic E-state index is -1.11. The fourth-order valence-electron chi connectivity index (χ4n) is 2.37. The molecule has 0 atom stereocenters. The monoisotopic (exact) mass is 274 g/mol. The lowest BCUT2D eigenvalue weighted by Crippen LogP contribution is -2.14. The van der Waals surface area contributed by atoms with E-state index >= 15 is 0 Å². The highest BCUT2D eigenvalue weighted by Gasteiger charge is 2.40. The molecule has 1 aliphatic rings. The number of hydrogen-bond donors (Lipinski definition) is 0. The number of rotatable bonds is 1. The van der Waals surface area contributed by atoms with Crippen LogP contribution in [-0.4, -0.2) is 11.6 Å². The molecule has 0 aliphatic heterocycles. The summed E-state index contributed by atoms with van der Waals surface area (Å²) in [5, 5.41) is -0.0888. The fraction of sp³-hybridized carbons (Fsp3) is 0.0667. The van der Waals surface area contributed by atoms with Gasteiger partial charge in [-0.1, -0.05) is 48.0 Å². The topological polar surface area (TPSA) is 34.1 Å². The molecule has 2 aromatic rings. The van der Waals surface area contributed by atoms with Crippen molar-refractivity contribution in [2.75, 3.05) is 0 Å². The molecule has 0 bridgehead atoms. The Bertz CT molecular complexity index is 674. The molecule has 0 saturated carbocycles. The summed E-state index contributed by atoms with van der Waals surface area (Å²) in [5.41, 5.74) is 0.729. The second kappa shape index (κ2) is 4.28. The van der Waals surface area contributed by atoms with E-state index < -0.39 is 11.7 Å². The summed E-state index contributed by atoms with van der Waals surface area (Å²) < 4.78 is 14.0. The molecule has 0 radical (unpaired) electrons. The molecule has 0 aromatic heterocycles. The van der Waals surface area contributed by atoms with Gasteiger partial charge in [-0.25, -0.2) is 4.39 Å². The Labute approximate surface area is 113 Å². The van der Waals surface area contributed by atoms with Crippen molar-refractivity contribution in [2.24, 2.45) is 0 Å². The van der Waals surface area contributed by atoms with Crippen molar-refractivity contribution in [3.8, 4) is 0 Å². The minimum Gasteiger partial charge on any atom is -0.293 e. The van der Waals surface area contributed by atoms with Gasteiger partial charge in [0.15, 0.2) is 11.6 Å². The molecule has 2 aromatic carbocycles. The van der Waals surface area contributed by atoms with Crippen LogP contribution in [-0.2, 0) is 0 Å². The maximum Gasteiger partial charge on any atom is 0.178 e. The van der Waals surface area contributed by atoms with Gasteiger partial charge in [-0.05, 0) is 6.07 Å². The van der Waals surface area contributed by atoms with E-state index in [2.05, 4.69) is 0 Å². The van der Waals surface area contributed by atoms with Crippen LogP contribution in [0, 0.1) is 5.82 Å². The van der Waals surface area contributed by atoms with Crippen LogP contribution in [0.5, 0.6) is 0 Å². The summed E-state index contributed by atoms with van der Waals surface area (Å²) in [7, 11) is 0. The average Bonchev–Trinajstić information content (AvgIpc) is 2.67. The van der Waals surface area contributed by atoms with Crippen LogP contribution in [0.3, 0.4) is 0 Å². The number of fused-ring (bicyclic) bond motifs is 1. The molecule has 19 heavy (non-hydrogen) atoms. The van der Waals surface area contributed by atoms with Gasteiger partial charge in [0.1, 0.15) is 11.7 Å². The van der Waals surface area contributed by atoms with Crippen molar-refractivity contribution in [1.82, 2.24) is 0 Å². The molecule has 2 nitrogen and oxygen atoms in total. The maximum absolute atomic E-state index is 14.0. The van der Waals surface area contributed by atoms with Crippen molar-refractivity contribution >= 4 is 23.2 Å². The van der Waals surface area contributed by atoms with Gasteiger partial charge in [0.05, 0.1) is 5.02 Å². The highest BCUT2D eigenvalue weighted by atomic mass is 35.5. The summed E-state index contributed by atoms with van der Waals surface area (Å²) in [6.07, 6.45) is 0. The second-order valence-electron chi connectivity index (χ2n) is 4.35. The van der Waals surface area contributed by atoms with Crippen molar-refractivity contribution in [2.45, 2.75) is 5.92 Å². The number of ketones is 2. The first-order valence-corrected chi connectivity index (χ1v) is 6.10. The molecular formula is C15H8ClFO2. The lowest BCUT2D eigenvalue weighted by molar-refractivity contribution is 0.0888. The molecule has 94 valence electrons. The summed E-state index contributed by atoms with van der Waals surface area (Å²) >= 11 is 5.70. The summed E-state index contributed by atoms with van der Waals surface area (Å²) in [5.74, 6) is -2.57. The lowest BCUT2D eigenvalue weighted by Gasteiger charge is -2.09. The van der Waals surface area contributed by atoms with E-state index in [-0.39, 0.29) is 22.2 Å². The zero-order valence-corrected chi connectivity index (χ0v) is 10.4. The SMILES string of the molecule is O=C1c2ccccc2C(=O)C1c1cccc(Cl)c1F. The smallest absolute Gasteiger partial charge is 0.178 e. The van der Waals surface area contributed by atoms with Crippen molar-refractivity contribution in [3.05, 3.63) is 70.0 Å². The zero-order valence-electron chi connectivity index (χ0n) is 9.69. The Morgan fingerprint density at radius 1 is 0.895 bits per heavy atom. The van der Waals surface area contributed by atoms with E-state index in [1.807, 2.05) is 0 Å². The lowest BCUT2D eigenvalue weighted by atomic mass is 9.94. The van der Waals surface area contributed by atoms with Crippen LogP contribution in [0.15, 0.2) is 42.5 Å². The molecule has 1 aliphatic carbocycles. The third-order valence-electron chi connectivity index (χ3n) is 3.27. The Hall–Kier alpha value is -2.00. The van der Waals surface area contributed by atoms with Crippen LogP contribution in [0.2, 0.25) is 5.02 Å². The van der Waals surface area contributed by atoms with Crippen LogP contribution in [0.25, 0.3) is 0 Å². The predicted octanol–water partition coefficient (Wildman–Crippen LogP) is 3.64. The van der Waals surface area contributed by atoms with Crippen molar-refractivity contribution in [3.63, 3.8) is 0 Å². The Kier molecular flexibility index (Phi) is 2.72. The number of carbonyl (C=O) groups excluding carboxylic acids is 2. The largest absolute Gasteiger partial charge is 0.293 e. The number of hydrogen-bond acceptors (Lipinski definition) is 2. The molecule has 0 heterocycles. The maximum atomic E-state index is 14.0. The van der Waals surface area contributed by atoms with E-state index in [9.17, 15) is 14.0 Å². The molecule has 4 heteroatoms. The molecule has 0 fully saturated rings. The molecule has 0 unspecified atom stereocenters. The molecule has 0 amide bonds. The minimum absolute atomic E-state index is 0.0405. The van der Waals surface area contributed by atoms with Gasteiger partial charge in [-0.3, -0.25) is 9.59 Å². The number of Topliss-reactive ketones (excluding diaryl/α,β-unsaturated/α-hetero) is 2. The summed E-state index contributed by atoms with van der Waals surface area (Å²) in [6, 6.07) is 10.9. The Balaban J connectivity index is 2.17. The van der Waals surface area contributed by atoms with E-state index in [0.717, 1.165) is 0 Å². The third-order valence-corrected chi connectivity index (χ3v) is 3.57. The van der Waals surface area contributed by atoms with Gasteiger partial charge in [0.2, 0.25) is 0 Å². The number of benzene rings is 2. The van der Waals surface area contributed by atoms with E-state index in [1.54, 1.807) is 24.3 Å². The fourth-order valence-corrected chi connectivity index (χ4v) is 2.55. The average molecular weight is 275 g/mol. The first-order chi connectivity index (χ1) is 9.11. The van der Waals surface area contributed by atoms with E-state index in [1.165, 1.54) is 18.2 Å². The highest BCUT2D eigenvalue weighted by Crippen LogP contribution is 2.36. The third kappa shape index (κ3) is 1.70. The van der Waals surface area contributed by atoms with Crippen LogP contribution in [0.4, 0.5) is 4.39 Å². The summed E-state index contributed by atoms with van der Waals surface area (Å²) in [6.45, 7) is 0. The van der Waals surface area contributed by atoms with Gasteiger partial charge in [0, 0.05) is 16.7 Å². The zero-order chi connectivity index (χ0) is 13.6. The molecule has 0 saturated heterocycles. The highest BCUT2D eigenvalue weighted by molar-refractivity contribution is 6.32. The van der Waals surface area contributed by atoms with Crippen molar-refractivity contribution in [1.29, 1.82) is 0 Å². The predicted molar refractivity (Wildman–Crippen MR) is 69.3 cm³/mol. The molecule has 3 rings (SSSR count). The van der Waals surface area contributed by atoms with E-state index in [4.69, 9.17) is 11.6 Å².